The summed E-state index contributed by atoms with van der Waals surface area (Å²) >= 11 is 8.06. The molecule has 1 aliphatic rings. The molecule has 2 amide bonds. The lowest BCUT2D eigenvalue weighted by molar-refractivity contribution is -0.122. The van der Waals surface area contributed by atoms with Crippen LogP contribution in [-0.4, -0.2) is 32.6 Å². The normalized spacial score (nSPS) is 16.0. The van der Waals surface area contributed by atoms with Gasteiger partial charge in [-0.2, -0.15) is 0 Å². The summed E-state index contributed by atoms with van der Waals surface area (Å²) in [4.78, 5) is 30.9. The molecule has 0 bridgehead atoms. The summed E-state index contributed by atoms with van der Waals surface area (Å²) in [5, 5.41) is 5.13. The van der Waals surface area contributed by atoms with Crippen molar-refractivity contribution >= 4 is 62.7 Å². The van der Waals surface area contributed by atoms with Gasteiger partial charge in [0.05, 0.1) is 4.91 Å². The number of nitrogens with one attached hydrogen (secondary N) is 1. The fourth-order valence-electron chi connectivity index (χ4n) is 2.79. The first kappa shape index (κ1) is 21.7. The lowest BCUT2D eigenvalue weighted by atomic mass is 9.87. The van der Waals surface area contributed by atoms with E-state index in [4.69, 9.17) is 12.2 Å². The Labute approximate surface area is 184 Å². The molecule has 0 aliphatic carbocycles. The molecule has 1 aliphatic heterocycles. The van der Waals surface area contributed by atoms with Crippen LogP contribution in [0.4, 0.5) is 5.13 Å². The topological polar surface area (TPSA) is 62.3 Å². The van der Waals surface area contributed by atoms with Gasteiger partial charge >= 0.3 is 0 Å². The van der Waals surface area contributed by atoms with Crippen LogP contribution in [0.3, 0.4) is 0 Å². The molecule has 1 fully saturated rings. The maximum absolute atomic E-state index is 12.7. The highest BCUT2D eigenvalue weighted by Crippen LogP contribution is 2.33. The molecule has 0 saturated carbocycles. The minimum absolute atomic E-state index is 0.0911. The number of carbonyl (C=O) groups excluding carboxylic acids is 2. The summed E-state index contributed by atoms with van der Waals surface area (Å²) in [7, 11) is 0. The molecule has 0 radical (unpaired) electrons. The second-order valence-electron chi connectivity index (χ2n) is 7.69. The van der Waals surface area contributed by atoms with Gasteiger partial charge in [-0.05, 0) is 29.0 Å². The van der Waals surface area contributed by atoms with Crippen LogP contribution < -0.4 is 5.32 Å². The van der Waals surface area contributed by atoms with Gasteiger partial charge in [0.15, 0.2) is 5.13 Å². The lowest BCUT2D eigenvalue weighted by Gasteiger charge is -2.18. The molecule has 2 heterocycles. The van der Waals surface area contributed by atoms with Crippen LogP contribution in [-0.2, 0) is 15.0 Å². The zero-order valence-corrected chi connectivity index (χ0v) is 19.0. The van der Waals surface area contributed by atoms with Gasteiger partial charge in [-0.1, -0.05) is 69.0 Å². The highest BCUT2D eigenvalue weighted by atomic mass is 32.2. The molecule has 3 rings (SSSR count). The third-order valence-corrected chi connectivity index (χ3v) is 6.48. The van der Waals surface area contributed by atoms with Crippen molar-refractivity contribution in [2.45, 2.75) is 39.0 Å². The monoisotopic (exact) mass is 445 g/mol. The summed E-state index contributed by atoms with van der Waals surface area (Å²) in [6, 6.07) is 8.23. The maximum atomic E-state index is 12.7. The standard InChI is InChI=1S/C21H23N3O2S3/c1-21(2,3)15-8-6-14(7-9-15)13-16-18(26)24(20(27)29-16)11-4-5-17(25)23-19-22-10-12-28-19/h6-10,12-13H,4-5,11H2,1-3H3,(H,22,23,25)/b16-13-. The minimum atomic E-state index is -0.111. The summed E-state index contributed by atoms with van der Waals surface area (Å²) in [5.41, 5.74) is 2.31. The number of hydrogen-bond donors (Lipinski definition) is 1. The zero-order chi connectivity index (χ0) is 21.0. The van der Waals surface area contributed by atoms with Crippen molar-refractivity contribution in [3.63, 3.8) is 0 Å². The average molecular weight is 446 g/mol. The van der Waals surface area contributed by atoms with E-state index < -0.39 is 0 Å². The molecule has 8 heteroatoms. The number of hydrogen-bond acceptors (Lipinski definition) is 6. The van der Waals surface area contributed by atoms with Gasteiger partial charge in [0.25, 0.3) is 5.91 Å². The van der Waals surface area contributed by atoms with Crippen molar-refractivity contribution in [2.24, 2.45) is 0 Å². The highest BCUT2D eigenvalue weighted by molar-refractivity contribution is 8.26. The molecule has 1 N–H and O–H groups in total. The average Bonchev–Trinajstić information content (AvgIpc) is 3.25. The van der Waals surface area contributed by atoms with Crippen LogP contribution in [0.15, 0.2) is 40.7 Å². The Hall–Kier alpha value is -2.03. The molecule has 29 heavy (non-hydrogen) atoms. The van der Waals surface area contributed by atoms with E-state index in [-0.39, 0.29) is 17.2 Å². The summed E-state index contributed by atoms with van der Waals surface area (Å²) in [6.07, 6.45) is 4.37. The van der Waals surface area contributed by atoms with Gasteiger partial charge in [-0.3, -0.25) is 14.5 Å². The number of carbonyl (C=O) groups is 2. The Kier molecular flexibility index (Phi) is 6.87. The van der Waals surface area contributed by atoms with Crippen LogP contribution in [0.5, 0.6) is 0 Å². The molecular weight excluding hydrogens is 422 g/mol. The highest BCUT2D eigenvalue weighted by Gasteiger charge is 2.31. The van der Waals surface area contributed by atoms with Crippen LogP contribution in [0.2, 0.25) is 0 Å². The predicted octanol–water partition coefficient (Wildman–Crippen LogP) is 5.06. The zero-order valence-electron chi connectivity index (χ0n) is 16.6. The van der Waals surface area contributed by atoms with Gasteiger partial charge in [-0.25, -0.2) is 4.98 Å². The largest absolute Gasteiger partial charge is 0.302 e. The van der Waals surface area contributed by atoms with Crippen LogP contribution >= 0.6 is 35.3 Å². The fraction of sp³-hybridized carbons (Fsp3) is 0.333. The number of benzene rings is 1. The number of amides is 2. The number of anilines is 1. The molecule has 1 saturated heterocycles. The third-order valence-electron chi connectivity index (χ3n) is 4.41. The molecule has 0 spiro atoms. The smallest absolute Gasteiger partial charge is 0.266 e. The number of thiocarbonyl (C=S) groups is 1. The first-order chi connectivity index (χ1) is 13.7. The van der Waals surface area contributed by atoms with Crippen molar-refractivity contribution in [1.29, 1.82) is 0 Å². The maximum Gasteiger partial charge on any atom is 0.266 e. The molecule has 0 atom stereocenters. The summed E-state index contributed by atoms with van der Waals surface area (Å²) < 4.78 is 0.535. The SMILES string of the molecule is CC(C)(C)c1ccc(/C=C2\SC(=S)N(CCCC(=O)Nc3nccs3)C2=O)cc1. The quantitative estimate of drug-likeness (QED) is 0.497. The van der Waals surface area contributed by atoms with Crippen molar-refractivity contribution in [2.75, 3.05) is 11.9 Å². The second-order valence-corrected chi connectivity index (χ2v) is 10.3. The molecule has 1 aromatic carbocycles. The minimum Gasteiger partial charge on any atom is -0.302 e. The lowest BCUT2D eigenvalue weighted by Crippen LogP contribution is -2.29. The summed E-state index contributed by atoms with van der Waals surface area (Å²) in [5.74, 6) is -0.208. The van der Waals surface area contributed by atoms with Crippen molar-refractivity contribution in [3.8, 4) is 0 Å². The van der Waals surface area contributed by atoms with Crippen molar-refractivity contribution in [1.82, 2.24) is 9.88 Å². The van der Waals surface area contributed by atoms with E-state index in [0.29, 0.717) is 33.7 Å². The number of thiazole rings is 1. The van der Waals surface area contributed by atoms with Gasteiger partial charge in [0.2, 0.25) is 5.91 Å². The van der Waals surface area contributed by atoms with Crippen molar-refractivity contribution in [3.05, 3.63) is 51.9 Å². The Bertz CT molecular complexity index is 929. The predicted molar refractivity (Wildman–Crippen MR) is 125 cm³/mol. The molecule has 5 nitrogen and oxygen atoms in total. The van der Waals surface area contributed by atoms with E-state index >= 15 is 0 Å². The van der Waals surface area contributed by atoms with E-state index in [9.17, 15) is 9.59 Å². The summed E-state index contributed by atoms with van der Waals surface area (Å²) in [6.45, 7) is 6.94. The second kappa shape index (κ2) is 9.19. The van der Waals surface area contributed by atoms with Gasteiger partial charge < -0.3 is 5.32 Å². The molecular formula is C21H23N3O2S3. The van der Waals surface area contributed by atoms with Gasteiger partial charge in [0, 0.05) is 24.5 Å². The van der Waals surface area contributed by atoms with E-state index in [1.807, 2.05) is 18.2 Å². The Morgan fingerprint density at radius 3 is 2.62 bits per heavy atom. The number of aromatic nitrogens is 1. The number of thioether (sulfide) groups is 1. The van der Waals surface area contributed by atoms with E-state index in [1.54, 1.807) is 16.5 Å². The van der Waals surface area contributed by atoms with Crippen molar-refractivity contribution < 1.29 is 9.59 Å². The molecule has 0 unspecified atom stereocenters. The first-order valence-electron chi connectivity index (χ1n) is 9.29. The molecule has 152 valence electrons. The Morgan fingerprint density at radius 1 is 1.28 bits per heavy atom. The fourth-order valence-corrected chi connectivity index (χ4v) is 4.64. The Balaban J connectivity index is 1.56. The van der Waals surface area contributed by atoms with Gasteiger partial charge in [0.1, 0.15) is 4.32 Å². The van der Waals surface area contributed by atoms with Gasteiger partial charge in [-0.15, -0.1) is 11.3 Å². The Morgan fingerprint density at radius 2 is 2.00 bits per heavy atom. The van der Waals surface area contributed by atoms with Crippen LogP contribution in [0.1, 0.15) is 44.7 Å². The van der Waals surface area contributed by atoms with E-state index in [2.05, 4.69) is 43.2 Å². The van der Waals surface area contributed by atoms with E-state index in [0.717, 1.165) is 5.56 Å². The number of rotatable bonds is 6. The number of nitrogens with zero attached hydrogens (tertiary/aromatic N) is 2. The molecule has 2 aromatic rings. The molecule has 1 aromatic heterocycles. The van der Waals surface area contributed by atoms with Crippen LogP contribution in [0, 0.1) is 0 Å². The first-order valence-corrected chi connectivity index (χ1v) is 11.4. The van der Waals surface area contributed by atoms with E-state index in [1.165, 1.54) is 28.7 Å². The third kappa shape index (κ3) is 5.74. The van der Waals surface area contributed by atoms with Crippen LogP contribution in [0.25, 0.3) is 6.08 Å².